The van der Waals surface area contributed by atoms with Gasteiger partial charge in [0.2, 0.25) is 5.91 Å². The molecule has 1 amide bonds. The molecule has 0 fully saturated rings. The van der Waals surface area contributed by atoms with Crippen molar-refractivity contribution in [2.45, 2.75) is 14.4 Å². The van der Waals surface area contributed by atoms with Gasteiger partial charge in [0.05, 0.1) is 18.4 Å². The van der Waals surface area contributed by atoms with Gasteiger partial charge < -0.3 is 10.5 Å². The second kappa shape index (κ2) is 8.16. The molecule has 0 saturated heterocycles. The third-order valence-corrected chi connectivity index (χ3v) is 5.75. The maximum atomic E-state index is 11.3. The normalized spacial score (nSPS) is 10.4. The smallest absolute Gasteiger partial charge is 0.337 e. The van der Waals surface area contributed by atoms with Crippen LogP contribution >= 0.6 is 34.9 Å². The molecule has 0 unspecified atom stereocenters. The third-order valence-electron chi connectivity index (χ3n) is 2.46. The lowest BCUT2D eigenvalue weighted by atomic mass is 10.1. The Hall–Kier alpha value is -1.58. The summed E-state index contributed by atoms with van der Waals surface area (Å²) in [5, 5.41) is 8.04. The van der Waals surface area contributed by atoms with Gasteiger partial charge in [-0.2, -0.15) is 0 Å². The number of nitrogens with two attached hydrogens (primary N) is 1. The predicted octanol–water partition coefficient (Wildman–Crippen LogP) is 2.19. The van der Waals surface area contributed by atoms with Crippen LogP contribution in [0.5, 0.6) is 0 Å². The standard InChI is InChI=1S/C13H13N3O3S3/c1-19-11(18)9-4-2-8(3-5-9)6-20-12-15-16-13(22-12)21-7-10(14)17/h2-5H,6-7H2,1H3,(H2,14,17). The predicted molar refractivity (Wildman–Crippen MR) is 87.2 cm³/mol. The topological polar surface area (TPSA) is 95.2 Å². The number of methoxy groups -OCH3 is 1. The number of nitrogens with zero attached hydrogens (tertiary/aromatic N) is 2. The van der Waals surface area contributed by atoms with Gasteiger partial charge in [0.15, 0.2) is 8.68 Å². The van der Waals surface area contributed by atoms with Gasteiger partial charge in [-0.3, -0.25) is 4.79 Å². The molecule has 2 N–H and O–H groups in total. The van der Waals surface area contributed by atoms with Gasteiger partial charge in [-0.05, 0) is 17.7 Å². The van der Waals surface area contributed by atoms with Crippen LogP contribution < -0.4 is 5.73 Å². The summed E-state index contributed by atoms with van der Waals surface area (Å²) < 4.78 is 6.20. The average molecular weight is 355 g/mol. The number of primary amides is 1. The first-order valence-electron chi connectivity index (χ1n) is 6.13. The highest BCUT2D eigenvalue weighted by Crippen LogP contribution is 2.30. The highest BCUT2D eigenvalue weighted by Gasteiger charge is 2.08. The molecule has 0 atom stereocenters. The van der Waals surface area contributed by atoms with Crippen molar-refractivity contribution in [3.63, 3.8) is 0 Å². The number of amides is 1. The molecule has 1 aromatic heterocycles. The Bertz CT molecular complexity index is 658. The number of aromatic nitrogens is 2. The van der Waals surface area contributed by atoms with Gasteiger partial charge in [-0.25, -0.2) is 4.79 Å². The first-order valence-corrected chi connectivity index (χ1v) is 8.92. The number of hydrogen-bond acceptors (Lipinski definition) is 8. The third kappa shape index (κ3) is 5.00. The number of thioether (sulfide) groups is 2. The first kappa shape index (κ1) is 16.8. The van der Waals surface area contributed by atoms with E-state index in [9.17, 15) is 9.59 Å². The Morgan fingerprint density at radius 1 is 1.18 bits per heavy atom. The summed E-state index contributed by atoms with van der Waals surface area (Å²) in [6, 6.07) is 7.22. The molecule has 0 aliphatic heterocycles. The molecule has 2 aromatic rings. The number of hydrogen-bond donors (Lipinski definition) is 1. The van der Waals surface area contributed by atoms with E-state index in [1.54, 1.807) is 23.9 Å². The molecule has 0 aliphatic rings. The minimum absolute atomic E-state index is 0.203. The van der Waals surface area contributed by atoms with E-state index in [0.29, 0.717) is 5.56 Å². The van der Waals surface area contributed by atoms with E-state index in [4.69, 9.17) is 5.73 Å². The molecular weight excluding hydrogens is 342 g/mol. The van der Waals surface area contributed by atoms with E-state index < -0.39 is 0 Å². The molecule has 0 spiro atoms. The zero-order chi connectivity index (χ0) is 15.9. The molecule has 2 rings (SSSR count). The second-order valence-corrected chi connectivity index (χ2v) is 7.49. The van der Waals surface area contributed by atoms with Gasteiger partial charge >= 0.3 is 5.97 Å². The summed E-state index contributed by atoms with van der Waals surface area (Å²) in [5.41, 5.74) is 6.68. The molecule has 0 saturated carbocycles. The first-order chi connectivity index (χ1) is 10.6. The monoisotopic (exact) mass is 355 g/mol. The lowest BCUT2D eigenvalue weighted by molar-refractivity contribution is -0.115. The van der Waals surface area contributed by atoms with Gasteiger partial charge in [-0.15, -0.1) is 10.2 Å². The number of rotatable bonds is 7. The molecule has 1 heterocycles. The minimum Gasteiger partial charge on any atom is -0.465 e. The van der Waals surface area contributed by atoms with E-state index in [2.05, 4.69) is 14.9 Å². The number of carbonyl (C=O) groups excluding carboxylic acids is 2. The van der Waals surface area contributed by atoms with Crippen molar-refractivity contribution in [1.29, 1.82) is 0 Å². The van der Waals surface area contributed by atoms with E-state index in [0.717, 1.165) is 20.0 Å². The van der Waals surface area contributed by atoms with Crippen molar-refractivity contribution in [1.82, 2.24) is 10.2 Å². The molecule has 22 heavy (non-hydrogen) atoms. The lowest BCUT2D eigenvalue weighted by Crippen LogP contribution is -2.12. The summed E-state index contributed by atoms with van der Waals surface area (Å²) in [4.78, 5) is 22.0. The van der Waals surface area contributed by atoms with Crippen LogP contribution in [0.2, 0.25) is 0 Å². The van der Waals surface area contributed by atoms with E-state index >= 15 is 0 Å². The molecule has 1 aromatic carbocycles. The second-order valence-electron chi connectivity index (χ2n) is 4.07. The number of benzene rings is 1. The fourth-order valence-electron chi connectivity index (χ4n) is 1.45. The summed E-state index contributed by atoms with van der Waals surface area (Å²) in [7, 11) is 1.36. The van der Waals surface area contributed by atoms with Gasteiger partial charge in [-0.1, -0.05) is 47.0 Å². The maximum absolute atomic E-state index is 11.3. The quantitative estimate of drug-likeness (QED) is 0.601. The van der Waals surface area contributed by atoms with Gasteiger partial charge in [0, 0.05) is 5.75 Å². The Morgan fingerprint density at radius 3 is 2.41 bits per heavy atom. The van der Waals surface area contributed by atoms with Crippen LogP contribution in [0.25, 0.3) is 0 Å². The van der Waals surface area contributed by atoms with Crippen LogP contribution in [-0.4, -0.2) is 34.9 Å². The zero-order valence-corrected chi connectivity index (χ0v) is 14.1. The zero-order valence-electron chi connectivity index (χ0n) is 11.6. The van der Waals surface area contributed by atoms with Crippen LogP contribution in [0.3, 0.4) is 0 Å². The largest absolute Gasteiger partial charge is 0.465 e. The van der Waals surface area contributed by atoms with Crippen molar-refractivity contribution in [3.05, 3.63) is 35.4 Å². The number of ether oxygens (including phenoxy) is 1. The lowest BCUT2D eigenvalue weighted by Gasteiger charge is -2.01. The summed E-state index contributed by atoms with van der Waals surface area (Å²) in [6.07, 6.45) is 0. The molecule has 0 bridgehead atoms. The van der Waals surface area contributed by atoms with Crippen LogP contribution in [0.15, 0.2) is 32.9 Å². The highest BCUT2D eigenvalue weighted by atomic mass is 32.2. The average Bonchev–Trinajstić information content (AvgIpc) is 2.98. The number of esters is 1. The fourth-order valence-corrected chi connectivity index (χ4v) is 4.16. The maximum Gasteiger partial charge on any atom is 0.337 e. The molecular formula is C13H13N3O3S3. The van der Waals surface area contributed by atoms with Crippen molar-refractivity contribution in [3.8, 4) is 0 Å². The Balaban J connectivity index is 1.87. The molecule has 6 nitrogen and oxygen atoms in total. The fraction of sp³-hybridized carbons (Fsp3) is 0.231. The van der Waals surface area contributed by atoms with Gasteiger partial charge in [0.25, 0.3) is 0 Å². The molecule has 116 valence electrons. The highest BCUT2D eigenvalue weighted by molar-refractivity contribution is 8.03. The molecule has 0 radical (unpaired) electrons. The Morgan fingerprint density at radius 2 is 1.82 bits per heavy atom. The summed E-state index contributed by atoms with van der Waals surface area (Å²) in [6.45, 7) is 0. The van der Waals surface area contributed by atoms with Gasteiger partial charge in [0.1, 0.15) is 0 Å². The van der Waals surface area contributed by atoms with Crippen molar-refractivity contribution >= 4 is 46.7 Å². The summed E-state index contributed by atoms with van der Waals surface area (Å²) in [5.74, 6) is 0.199. The van der Waals surface area contributed by atoms with Crippen molar-refractivity contribution in [2.75, 3.05) is 12.9 Å². The minimum atomic E-state index is -0.375. The Kier molecular flexibility index (Phi) is 6.22. The van der Waals surface area contributed by atoms with Crippen molar-refractivity contribution < 1.29 is 14.3 Å². The van der Waals surface area contributed by atoms with Crippen LogP contribution in [0.4, 0.5) is 0 Å². The van der Waals surface area contributed by atoms with Crippen LogP contribution in [0.1, 0.15) is 15.9 Å². The van der Waals surface area contributed by atoms with E-state index in [-0.39, 0.29) is 17.6 Å². The SMILES string of the molecule is COC(=O)c1ccc(CSc2nnc(SCC(N)=O)s2)cc1. The number of carbonyl (C=O) groups is 2. The molecule has 9 heteroatoms. The van der Waals surface area contributed by atoms with Crippen LogP contribution in [-0.2, 0) is 15.3 Å². The van der Waals surface area contributed by atoms with E-state index in [1.165, 1.54) is 30.2 Å². The van der Waals surface area contributed by atoms with Crippen molar-refractivity contribution in [2.24, 2.45) is 5.73 Å². The Labute approximate surface area is 139 Å². The van der Waals surface area contributed by atoms with E-state index in [1.807, 2.05) is 12.1 Å². The molecule has 0 aliphatic carbocycles. The summed E-state index contributed by atoms with van der Waals surface area (Å²) >= 11 is 4.26. The van der Waals surface area contributed by atoms with Crippen LogP contribution in [0, 0.1) is 0 Å².